The summed E-state index contributed by atoms with van der Waals surface area (Å²) in [7, 11) is -6.52. The molecule has 132 valence electrons. The van der Waals surface area contributed by atoms with Crippen LogP contribution in [0.3, 0.4) is 0 Å². The van der Waals surface area contributed by atoms with Crippen molar-refractivity contribution in [2.45, 2.75) is 11.2 Å². The number of pyridine rings is 1. The Hall–Kier alpha value is -0.950. The van der Waals surface area contributed by atoms with Crippen molar-refractivity contribution in [1.82, 2.24) is 14.0 Å². The molecule has 0 unspecified atom stereocenters. The van der Waals surface area contributed by atoms with Gasteiger partial charge < -0.3 is 0 Å². The van der Waals surface area contributed by atoms with Crippen molar-refractivity contribution < 1.29 is 30.0 Å². The van der Waals surface area contributed by atoms with Crippen LogP contribution in [0.15, 0.2) is 17.3 Å². The fourth-order valence-corrected chi connectivity index (χ4v) is 3.25. The summed E-state index contributed by atoms with van der Waals surface area (Å²) in [6, 6.07) is 0.450. The molecule has 0 spiro atoms. The molecule has 0 amide bonds. The molecule has 0 aromatic carbocycles. The second kappa shape index (κ2) is 6.89. The molecule has 7 nitrogen and oxygen atoms in total. The molecule has 0 bridgehead atoms. The number of likely N-dealkylation sites (N-methyl/N-ethyl adjacent to an activating group) is 1. The standard InChI is InChI=1S/C10H13ClF3N3O4S2/c1-17(22(2,18)19)4-3-16-23(20,21)9-8(11)5-7(6-15-9)10(12,13)14/h5-6,16H,3-4H2,1-2H3. The molecule has 0 aliphatic rings. The zero-order chi connectivity index (χ0) is 18.1. The molecule has 1 N–H and O–H groups in total. The Labute approximate surface area is 136 Å². The highest BCUT2D eigenvalue weighted by Crippen LogP contribution is 2.31. The predicted octanol–water partition coefficient (Wildman–Crippen LogP) is 0.924. The largest absolute Gasteiger partial charge is 0.417 e. The van der Waals surface area contributed by atoms with E-state index < -0.39 is 41.8 Å². The van der Waals surface area contributed by atoms with Gasteiger partial charge in [-0.1, -0.05) is 11.6 Å². The Morgan fingerprint density at radius 3 is 2.30 bits per heavy atom. The van der Waals surface area contributed by atoms with Gasteiger partial charge in [0.05, 0.1) is 16.8 Å². The van der Waals surface area contributed by atoms with Crippen molar-refractivity contribution in [3.63, 3.8) is 0 Å². The van der Waals surface area contributed by atoms with Crippen LogP contribution in [0.1, 0.15) is 5.56 Å². The van der Waals surface area contributed by atoms with Crippen LogP contribution in [-0.4, -0.2) is 52.5 Å². The maximum atomic E-state index is 12.5. The van der Waals surface area contributed by atoms with Gasteiger partial charge in [-0.2, -0.15) is 13.2 Å². The third-order valence-corrected chi connectivity index (χ3v) is 5.81. The molecule has 0 fully saturated rings. The molecular weight excluding hydrogens is 383 g/mol. The third kappa shape index (κ3) is 5.57. The molecule has 23 heavy (non-hydrogen) atoms. The Bertz CT molecular complexity index is 781. The van der Waals surface area contributed by atoms with Gasteiger partial charge in [0.15, 0.2) is 5.03 Å². The van der Waals surface area contributed by atoms with Crippen LogP contribution in [0.4, 0.5) is 13.2 Å². The average molecular weight is 396 g/mol. The van der Waals surface area contributed by atoms with E-state index >= 15 is 0 Å². The van der Waals surface area contributed by atoms with Crippen LogP contribution >= 0.6 is 11.6 Å². The number of aromatic nitrogens is 1. The minimum atomic E-state index is -4.70. The van der Waals surface area contributed by atoms with E-state index in [2.05, 4.69) is 4.98 Å². The first-order chi connectivity index (χ1) is 10.2. The predicted molar refractivity (Wildman–Crippen MR) is 76.9 cm³/mol. The van der Waals surface area contributed by atoms with Gasteiger partial charge in [0.2, 0.25) is 10.0 Å². The molecule has 1 rings (SSSR count). The lowest BCUT2D eigenvalue weighted by Crippen LogP contribution is -2.36. The number of hydrogen-bond donors (Lipinski definition) is 1. The van der Waals surface area contributed by atoms with Crippen molar-refractivity contribution in [2.24, 2.45) is 0 Å². The van der Waals surface area contributed by atoms with Gasteiger partial charge in [0.1, 0.15) is 0 Å². The zero-order valence-electron chi connectivity index (χ0n) is 11.9. The van der Waals surface area contributed by atoms with Crippen LogP contribution in [0.25, 0.3) is 0 Å². The first-order valence-electron chi connectivity index (χ1n) is 5.89. The summed E-state index contributed by atoms with van der Waals surface area (Å²) in [5, 5.41) is -1.46. The third-order valence-electron chi connectivity index (χ3n) is 2.67. The number of halogens is 4. The molecular formula is C10H13ClF3N3O4S2. The lowest BCUT2D eigenvalue weighted by molar-refractivity contribution is -0.137. The van der Waals surface area contributed by atoms with Crippen LogP contribution in [0, 0.1) is 0 Å². The van der Waals surface area contributed by atoms with Gasteiger partial charge >= 0.3 is 6.18 Å². The molecule has 1 aromatic rings. The van der Waals surface area contributed by atoms with Crippen LogP contribution in [0.5, 0.6) is 0 Å². The first-order valence-corrected chi connectivity index (χ1v) is 9.60. The van der Waals surface area contributed by atoms with Crippen LogP contribution < -0.4 is 4.72 Å². The summed E-state index contributed by atoms with van der Waals surface area (Å²) in [6.07, 6.45) is -3.41. The number of nitrogens with zero attached hydrogens (tertiary/aromatic N) is 2. The molecule has 0 radical (unpaired) electrons. The molecule has 0 aliphatic carbocycles. The van der Waals surface area contributed by atoms with Crippen molar-refractivity contribution in [2.75, 3.05) is 26.4 Å². The highest BCUT2D eigenvalue weighted by atomic mass is 35.5. The monoisotopic (exact) mass is 395 g/mol. The summed E-state index contributed by atoms with van der Waals surface area (Å²) >= 11 is 5.55. The number of rotatable bonds is 6. The van der Waals surface area contributed by atoms with Gasteiger partial charge in [-0.15, -0.1) is 0 Å². The summed E-state index contributed by atoms with van der Waals surface area (Å²) < 4.78 is 86.5. The fraction of sp³-hybridized carbons (Fsp3) is 0.500. The lowest BCUT2D eigenvalue weighted by atomic mass is 10.3. The summed E-state index contributed by atoms with van der Waals surface area (Å²) in [4.78, 5) is 3.23. The van der Waals surface area contributed by atoms with Crippen LogP contribution in [0.2, 0.25) is 5.02 Å². The Kier molecular flexibility index (Phi) is 6.02. The molecule has 13 heteroatoms. The fourth-order valence-electron chi connectivity index (χ4n) is 1.35. The van der Waals surface area contributed by atoms with E-state index in [0.29, 0.717) is 12.3 Å². The average Bonchev–Trinajstić information content (AvgIpc) is 2.35. The van der Waals surface area contributed by atoms with E-state index in [1.54, 1.807) is 0 Å². The molecule has 0 aliphatic heterocycles. The molecule has 1 heterocycles. The van der Waals surface area contributed by atoms with Gasteiger partial charge in [-0.05, 0) is 6.07 Å². The van der Waals surface area contributed by atoms with E-state index in [4.69, 9.17) is 11.6 Å². The Morgan fingerprint density at radius 2 is 1.87 bits per heavy atom. The smallest absolute Gasteiger partial charge is 0.241 e. The van der Waals surface area contributed by atoms with Crippen LogP contribution in [-0.2, 0) is 26.2 Å². The van der Waals surface area contributed by atoms with E-state index in [0.717, 1.165) is 10.6 Å². The Balaban J connectivity index is 2.89. The summed E-state index contributed by atoms with van der Waals surface area (Å²) in [5.74, 6) is 0. The summed E-state index contributed by atoms with van der Waals surface area (Å²) in [6.45, 7) is -0.471. The van der Waals surface area contributed by atoms with Crippen molar-refractivity contribution in [3.8, 4) is 0 Å². The van der Waals surface area contributed by atoms with Gasteiger partial charge in [-0.25, -0.2) is 30.8 Å². The van der Waals surface area contributed by atoms with E-state index in [-0.39, 0.29) is 13.1 Å². The minimum Gasteiger partial charge on any atom is -0.241 e. The number of sulfonamides is 2. The highest BCUT2D eigenvalue weighted by molar-refractivity contribution is 7.89. The Morgan fingerprint density at radius 1 is 1.30 bits per heavy atom. The highest BCUT2D eigenvalue weighted by Gasteiger charge is 2.33. The number of alkyl halides is 3. The first kappa shape index (κ1) is 20.1. The van der Waals surface area contributed by atoms with E-state index in [1.165, 1.54) is 7.05 Å². The number of nitrogens with one attached hydrogen (secondary N) is 1. The molecule has 0 atom stereocenters. The lowest BCUT2D eigenvalue weighted by Gasteiger charge is -2.14. The molecule has 1 aromatic heterocycles. The second-order valence-corrected chi connectivity index (χ2v) is 8.67. The quantitative estimate of drug-likeness (QED) is 0.772. The van der Waals surface area contributed by atoms with Crippen molar-refractivity contribution in [1.29, 1.82) is 0 Å². The second-order valence-electron chi connectivity index (χ2n) is 4.49. The van der Waals surface area contributed by atoms with E-state index in [1.807, 2.05) is 4.72 Å². The molecule has 0 saturated carbocycles. The zero-order valence-corrected chi connectivity index (χ0v) is 14.3. The van der Waals surface area contributed by atoms with Gasteiger partial charge in [-0.3, -0.25) is 0 Å². The SMILES string of the molecule is CN(CCNS(=O)(=O)c1ncc(C(F)(F)F)cc1Cl)S(C)(=O)=O. The normalized spacial score (nSPS) is 13.5. The topological polar surface area (TPSA) is 96.4 Å². The summed E-state index contributed by atoms with van der Waals surface area (Å²) in [5.41, 5.74) is -1.18. The van der Waals surface area contributed by atoms with Gasteiger partial charge in [0.25, 0.3) is 10.0 Å². The minimum absolute atomic E-state index is 0.170. The molecule has 0 saturated heterocycles. The van der Waals surface area contributed by atoms with Crippen molar-refractivity contribution >= 4 is 31.6 Å². The van der Waals surface area contributed by atoms with Crippen molar-refractivity contribution in [3.05, 3.63) is 22.8 Å². The number of hydrogen-bond acceptors (Lipinski definition) is 5. The maximum Gasteiger partial charge on any atom is 0.417 e. The van der Waals surface area contributed by atoms with E-state index in [9.17, 15) is 30.0 Å². The maximum absolute atomic E-state index is 12.5. The van der Waals surface area contributed by atoms with Gasteiger partial charge in [0, 0.05) is 26.3 Å².